The molecule has 0 amide bonds. The maximum absolute atomic E-state index is 11.3. The molecule has 4 N–H and O–H groups in total. The minimum Gasteiger partial charge on any atom is -0.394 e. The van der Waals surface area contributed by atoms with E-state index in [9.17, 15) is 9.46 Å². The number of rotatable bonds is 12. The Morgan fingerprint density at radius 1 is 1.28 bits per heavy atom. The summed E-state index contributed by atoms with van der Waals surface area (Å²) in [5.74, 6) is 0. The number of unbranched alkanes of at least 4 members (excludes halogenated alkanes) is 2. The van der Waals surface area contributed by atoms with Crippen molar-refractivity contribution in [1.82, 2.24) is 0 Å². The quantitative estimate of drug-likeness (QED) is 0.356. The highest BCUT2D eigenvalue weighted by Gasteiger charge is 2.22. The standard InChI is InChI=1S/C10H24NO6P/c1-2-3-4-6-15-10(8-12)9-17-18(13,14)16-7-5-11/h10,12H,2-9,11H2,1H3,(H,13,14)/t10-/m0/s1. The molecule has 0 radical (unpaired) electrons. The Morgan fingerprint density at radius 3 is 2.56 bits per heavy atom. The summed E-state index contributed by atoms with van der Waals surface area (Å²) in [5.41, 5.74) is 5.13. The summed E-state index contributed by atoms with van der Waals surface area (Å²) in [7, 11) is -4.09. The maximum atomic E-state index is 11.3. The number of aliphatic hydroxyl groups is 1. The molecule has 0 heterocycles. The highest BCUT2D eigenvalue weighted by Crippen LogP contribution is 2.42. The second-order valence-corrected chi connectivity index (χ2v) is 5.22. The fourth-order valence-electron chi connectivity index (χ4n) is 1.14. The summed E-state index contributed by atoms with van der Waals surface area (Å²) in [6, 6.07) is 0. The SMILES string of the molecule is CCCCCO[C@@H](CO)COP(=O)(O)OCCN. The first-order valence-corrected chi connectivity index (χ1v) is 7.59. The summed E-state index contributed by atoms with van der Waals surface area (Å²) in [5, 5.41) is 9.02. The molecule has 0 spiro atoms. The predicted molar refractivity (Wildman–Crippen MR) is 67.1 cm³/mol. The van der Waals surface area contributed by atoms with E-state index < -0.39 is 13.9 Å². The molecule has 0 aromatic rings. The van der Waals surface area contributed by atoms with Crippen molar-refractivity contribution >= 4 is 7.82 Å². The average Bonchev–Trinajstić information content (AvgIpc) is 2.35. The van der Waals surface area contributed by atoms with Gasteiger partial charge in [-0.1, -0.05) is 19.8 Å². The minimum absolute atomic E-state index is 0.0606. The highest BCUT2D eigenvalue weighted by atomic mass is 31.2. The fraction of sp³-hybridized carbons (Fsp3) is 1.00. The molecular formula is C10H24NO6P. The van der Waals surface area contributed by atoms with Crippen LogP contribution >= 0.6 is 7.82 Å². The van der Waals surface area contributed by atoms with E-state index in [0.29, 0.717) is 6.61 Å². The molecule has 0 rings (SSSR count). The molecule has 110 valence electrons. The molecule has 18 heavy (non-hydrogen) atoms. The van der Waals surface area contributed by atoms with Crippen LogP contribution in [0, 0.1) is 0 Å². The van der Waals surface area contributed by atoms with Crippen LogP contribution in [0.25, 0.3) is 0 Å². The monoisotopic (exact) mass is 285 g/mol. The Bertz CT molecular complexity index is 240. The van der Waals surface area contributed by atoms with Crippen LogP contribution in [0.15, 0.2) is 0 Å². The van der Waals surface area contributed by atoms with Crippen LogP contribution in [-0.2, 0) is 18.3 Å². The van der Waals surface area contributed by atoms with E-state index in [2.05, 4.69) is 16.0 Å². The normalized spacial score (nSPS) is 16.4. The lowest BCUT2D eigenvalue weighted by Gasteiger charge is -2.17. The van der Waals surface area contributed by atoms with Crippen LogP contribution in [0.3, 0.4) is 0 Å². The van der Waals surface area contributed by atoms with Gasteiger partial charge < -0.3 is 20.5 Å². The summed E-state index contributed by atoms with van der Waals surface area (Å²) >= 11 is 0. The van der Waals surface area contributed by atoms with E-state index in [1.165, 1.54) is 0 Å². The number of phosphoric ester groups is 1. The van der Waals surface area contributed by atoms with Crippen molar-refractivity contribution in [2.45, 2.75) is 32.3 Å². The largest absolute Gasteiger partial charge is 0.472 e. The lowest BCUT2D eigenvalue weighted by molar-refractivity contribution is -0.0223. The number of hydrogen-bond donors (Lipinski definition) is 3. The second-order valence-electron chi connectivity index (χ2n) is 3.77. The van der Waals surface area contributed by atoms with Crippen molar-refractivity contribution in [3.8, 4) is 0 Å². The third-order valence-corrected chi connectivity index (χ3v) is 3.09. The predicted octanol–water partition coefficient (Wildman–Crippen LogP) is 0.646. The van der Waals surface area contributed by atoms with Gasteiger partial charge in [-0.05, 0) is 6.42 Å². The van der Waals surface area contributed by atoms with Gasteiger partial charge in [-0.15, -0.1) is 0 Å². The summed E-state index contributed by atoms with van der Waals surface area (Å²) < 4.78 is 25.8. The molecule has 0 aliphatic heterocycles. The van der Waals surface area contributed by atoms with Crippen molar-refractivity contribution in [3.63, 3.8) is 0 Å². The van der Waals surface area contributed by atoms with Crippen LogP contribution in [-0.4, -0.2) is 49.1 Å². The third kappa shape index (κ3) is 9.96. The van der Waals surface area contributed by atoms with Crippen molar-refractivity contribution < 1.29 is 28.3 Å². The first kappa shape index (κ1) is 18.0. The molecular weight excluding hydrogens is 261 g/mol. The number of ether oxygens (including phenoxy) is 1. The van der Waals surface area contributed by atoms with E-state index in [0.717, 1.165) is 19.3 Å². The molecule has 2 atom stereocenters. The van der Waals surface area contributed by atoms with Gasteiger partial charge in [-0.3, -0.25) is 9.05 Å². The van der Waals surface area contributed by atoms with Crippen molar-refractivity contribution in [3.05, 3.63) is 0 Å². The molecule has 0 bridgehead atoms. The van der Waals surface area contributed by atoms with Gasteiger partial charge >= 0.3 is 7.82 Å². The van der Waals surface area contributed by atoms with Gasteiger partial charge in [0.25, 0.3) is 0 Å². The van der Waals surface area contributed by atoms with Crippen molar-refractivity contribution in [2.75, 3.05) is 33.0 Å². The summed E-state index contributed by atoms with van der Waals surface area (Å²) in [6.07, 6.45) is 2.37. The molecule has 0 saturated carbocycles. The maximum Gasteiger partial charge on any atom is 0.472 e. The van der Waals surface area contributed by atoms with Gasteiger partial charge in [0.1, 0.15) is 6.10 Å². The first-order valence-electron chi connectivity index (χ1n) is 6.10. The minimum atomic E-state index is -4.09. The Morgan fingerprint density at radius 2 is 2.00 bits per heavy atom. The lowest BCUT2D eigenvalue weighted by Crippen LogP contribution is -2.24. The highest BCUT2D eigenvalue weighted by molar-refractivity contribution is 7.47. The van der Waals surface area contributed by atoms with Gasteiger partial charge in [0.15, 0.2) is 0 Å². The van der Waals surface area contributed by atoms with E-state index in [4.69, 9.17) is 15.6 Å². The first-order chi connectivity index (χ1) is 8.55. The van der Waals surface area contributed by atoms with Crippen molar-refractivity contribution in [2.24, 2.45) is 5.73 Å². The Kier molecular flexibility index (Phi) is 10.9. The molecule has 8 heteroatoms. The molecule has 0 aliphatic carbocycles. The van der Waals surface area contributed by atoms with Crippen LogP contribution in [0.1, 0.15) is 26.2 Å². The molecule has 0 aromatic carbocycles. The third-order valence-electron chi connectivity index (χ3n) is 2.10. The molecule has 7 nitrogen and oxygen atoms in total. The smallest absolute Gasteiger partial charge is 0.394 e. The zero-order valence-corrected chi connectivity index (χ0v) is 11.7. The van der Waals surface area contributed by atoms with Gasteiger partial charge in [-0.2, -0.15) is 0 Å². The number of phosphoric acid groups is 1. The lowest BCUT2D eigenvalue weighted by atomic mass is 10.3. The van der Waals surface area contributed by atoms with Crippen LogP contribution < -0.4 is 5.73 Å². The molecule has 0 fully saturated rings. The Hall–Kier alpha value is -0.0100. The zero-order chi connectivity index (χ0) is 13.9. The van der Waals surface area contributed by atoms with Gasteiger partial charge in [0.2, 0.25) is 0 Å². The zero-order valence-electron chi connectivity index (χ0n) is 10.8. The van der Waals surface area contributed by atoms with Crippen LogP contribution in [0.4, 0.5) is 0 Å². The number of nitrogens with two attached hydrogens (primary N) is 1. The number of aliphatic hydroxyl groups excluding tert-OH is 1. The second kappa shape index (κ2) is 10.9. The summed E-state index contributed by atoms with van der Waals surface area (Å²) in [6.45, 7) is 2.16. The Labute approximate surface area is 108 Å². The van der Waals surface area contributed by atoms with E-state index >= 15 is 0 Å². The van der Waals surface area contributed by atoms with E-state index in [-0.39, 0.29) is 26.4 Å². The Balaban J connectivity index is 3.80. The van der Waals surface area contributed by atoms with E-state index in [1.54, 1.807) is 0 Å². The van der Waals surface area contributed by atoms with Gasteiger partial charge in [0.05, 0.1) is 19.8 Å². The van der Waals surface area contributed by atoms with Gasteiger partial charge in [0, 0.05) is 13.2 Å². The van der Waals surface area contributed by atoms with Gasteiger partial charge in [-0.25, -0.2) is 4.57 Å². The molecule has 0 saturated heterocycles. The van der Waals surface area contributed by atoms with Crippen LogP contribution in [0.2, 0.25) is 0 Å². The average molecular weight is 285 g/mol. The fourth-order valence-corrected chi connectivity index (χ4v) is 1.90. The molecule has 1 unspecified atom stereocenters. The number of hydrogen-bond acceptors (Lipinski definition) is 6. The van der Waals surface area contributed by atoms with Crippen LogP contribution in [0.5, 0.6) is 0 Å². The van der Waals surface area contributed by atoms with E-state index in [1.807, 2.05) is 0 Å². The van der Waals surface area contributed by atoms with Crippen molar-refractivity contribution in [1.29, 1.82) is 0 Å². The molecule has 0 aromatic heterocycles. The topological polar surface area (TPSA) is 111 Å². The molecule has 0 aliphatic rings. The summed E-state index contributed by atoms with van der Waals surface area (Å²) in [4.78, 5) is 9.22.